The van der Waals surface area contributed by atoms with Crippen molar-refractivity contribution in [1.29, 1.82) is 0 Å². The van der Waals surface area contributed by atoms with Gasteiger partial charge >= 0.3 is 0 Å². The van der Waals surface area contributed by atoms with E-state index in [0.717, 1.165) is 25.3 Å². The lowest BCUT2D eigenvalue weighted by Gasteiger charge is -2.38. The smallest absolute Gasteiger partial charge is 0.0572 e. The molecule has 1 aliphatic heterocycles. The standard InChI is InChI=1S/C16H27N3/c1-5-17-13(2)15-7-6-14(12-18-15)19-10-8-16(3,4)9-11-19/h6-7,12-13,17H,5,8-11H2,1-4H3. The molecule has 1 unspecified atom stereocenters. The van der Waals surface area contributed by atoms with E-state index in [4.69, 9.17) is 0 Å². The van der Waals surface area contributed by atoms with Crippen molar-refractivity contribution < 1.29 is 0 Å². The fourth-order valence-corrected chi connectivity index (χ4v) is 2.62. The lowest BCUT2D eigenvalue weighted by Crippen LogP contribution is -2.37. The fourth-order valence-electron chi connectivity index (χ4n) is 2.62. The largest absolute Gasteiger partial charge is 0.370 e. The van der Waals surface area contributed by atoms with Gasteiger partial charge in [-0.1, -0.05) is 20.8 Å². The van der Waals surface area contributed by atoms with E-state index in [0.29, 0.717) is 11.5 Å². The molecule has 0 aromatic carbocycles. The van der Waals surface area contributed by atoms with Crippen LogP contribution in [0.2, 0.25) is 0 Å². The molecule has 3 heteroatoms. The molecule has 2 rings (SSSR count). The maximum Gasteiger partial charge on any atom is 0.0572 e. The zero-order valence-electron chi connectivity index (χ0n) is 12.7. The Morgan fingerprint density at radius 2 is 2.00 bits per heavy atom. The molecule has 0 amide bonds. The summed E-state index contributed by atoms with van der Waals surface area (Å²) in [7, 11) is 0. The van der Waals surface area contributed by atoms with Gasteiger partial charge in [0.25, 0.3) is 0 Å². The summed E-state index contributed by atoms with van der Waals surface area (Å²) in [6.07, 6.45) is 4.56. The maximum atomic E-state index is 4.60. The molecule has 1 atom stereocenters. The first-order valence-corrected chi connectivity index (χ1v) is 7.46. The lowest BCUT2D eigenvalue weighted by atomic mass is 9.82. The topological polar surface area (TPSA) is 28.2 Å². The van der Waals surface area contributed by atoms with Crippen LogP contribution in [0, 0.1) is 5.41 Å². The van der Waals surface area contributed by atoms with Gasteiger partial charge in [0, 0.05) is 19.1 Å². The summed E-state index contributed by atoms with van der Waals surface area (Å²) < 4.78 is 0. The van der Waals surface area contributed by atoms with Crippen molar-refractivity contribution in [2.24, 2.45) is 5.41 Å². The molecule has 0 bridgehead atoms. The highest BCUT2D eigenvalue weighted by atomic mass is 15.1. The second kappa shape index (κ2) is 5.91. The van der Waals surface area contributed by atoms with Gasteiger partial charge in [-0.25, -0.2) is 0 Å². The molecular formula is C16H27N3. The zero-order chi connectivity index (χ0) is 13.9. The van der Waals surface area contributed by atoms with E-state index >= 15 is 0 Å². The van der Waals surface area contributed by atoms with Gasteiger partial charge in [-0.05, 0) is 43.9 Å². The van der Waals surface area contributed by atoms with Crippen LogP contribution in [0.3, 0.4) is 0 Å². The second-order valence-electron chi connectivity index (χ2n) is 6.37. The molecule has 1 saturated heterocycles. The molecule has 1 aromatic heterocycles. The van der Waals surface area contributed by atoms with Gasteiger partial charge in [-0.3, -0.25) is 4.98 Å². The predicted molar refractivity (Wildman–Crippen MR) is 81.6 cm³/mol. The van der Waals surface area contributed by atoms with Crippen molar-refractivity contribution >= 4 is 5.69 Å². The van der Waals surface area contributed by atoms with Gasteiger partial charge in [0.2, 0.25) is 0 Å². The molecule has 1 aliphatic rings. The fraction of sp³-hybridized carbons (Fsp3) is 0.688. The summed E-state index contributed by atoms with van der Waals surface area (Å²) in [6, 6.07) is 4.70. The number of rotatable bonds is 4. The minimum Gasteiger partial charge on any atom is -0.370 e. The molecule has 0 spiro atoms. The number of nitrogens with zero attached hydrogens (tertiary/aromatic N) is 2. The molecule has 3 nitrogen and oxygen atoms in total. The van der Waals surface area contributed by atoms with E-state index in [1.165, 1.54) is 18.5 Å². The molecule has 2 heterocycles. The van der Waals surface area contributed by atoms with Crippen molar-refractivity contribution in [3.05, 3.63) is 24.0 Å². The lowest BCUT2D eigenvalue weighted by molar-refractivity contribution is 0.280. The van der Waals surface area contributed by atoms with E-state index in [-0.39, 0.29) is 0 Å². The van der Waals surface area contributed by atoms with E-state index in [1.807, 2.05) is 6.20 Å². The number of anilines is 1. The SMILES string of the molecule is CCNC(C)c1ccc(N2CCC(C)(C)CC2)cn1. The monoisotopic (exact) mass is 261 g/mol. The maximum absolute atomic E-state index is 4.60. The number of hydrogen-bond acceptors (Lipinski definition) is 3. The van der Waals surface area contributed by atoms with Gasteiger partial charge in [-0.2, -0.15) is 0 Å². The Kier molecular flexibility index (Phi) is 4.46. The predicted octanol–water partition coefficient (Wildman–Crippen LogP) is 3.38. The number of nitrogens with one attached hydrogen (secondary N) is 1. The van der Waals surface area contributed by atoms with Crippen LogP contribution in [-0.4, -0.2) is 24.6 Å². The Bertz CT molecular complexity index is 387. The third kappa shape index (κ3) is 3.69. The van der Waals surface area contributed by atoms with Gasteiger partial charge in [0.15, 0.2) is 0 Å². The molecule has 19 heavy (non-hydrogen) atoms. The molecule has 1 N–H and O–H groups in total. The van der Waals surface area contributed by atoms with Crippen molar-refractivity contribution in [2.75, 3.05) is 24.5 Å². The molecule has 0 radical (unpaired) electrons. The van der Waals surface area contributed by atoms with E-state index in [1.54, 1.807) is 0 Å². The van der Waals surface area contributed by atoms with Crippen LogP contribution in [0.5, 0.6) is 0 Å². The van der Waals surface area contributed by atoms with Gasteiger partial charge < -0.3 is 10.2 Å². The summed E-state index contributed by atoms with van der Waals surface area (Å²) in [6.45, 7) is 12.3. The highest BCUT2D eigenvalue weighted by molar-refractivity contribution is 5.45. The summed E-state index contributed by atoms with van der Waals surface area (Å²) in [5.41, 5.74) is 2.90. The molecule has 106 valence electrons. The third-order valence-corrected chi connectivity index (χ3v) is 4.21. The van der Waals surface area contributed by atoms with Crippen LogP contribution in [0.4, 0.5) is 5.69 Å². The quantitative estimate of drug-likeness (QED) is 0.900. The molecule has 1 fully saturated rings. The first kappa shape index (κ1) is 14.3. The van der Waals surface area contributed by atoms with Crippen LogP contribution in [0.1, 0.15) is 52.3 Å². The molecular weight excluding hydrogens is 234 g/mol. The van der Waals surface area contributed by atoms with Crippen LogP contribution in [0.15, 0.2) is 18.3 Å². The average molecular weight is 261 g/mol. The minimum atomic E-state index is 0.333. The Balaban J connectivity index is 1.99. The van der Waals surface area contributed by atoms with Crippen molar-refractivity contribution in [3.63, 3.8) is 0 Å². The van der Waals surface area contributed by atoms with Gasteiger partial charge in [0.05, 0.1) is 17.6 Å². The Hall–Kier alpha value is -1.09. The summed E-state index contributed by atoms with van der Waals surface area (Å²) in [4.78, 5) is 7.06. The summed E-state index contributed by atoms with van der Waals surface area (Å²) in [5, 5.41) is 3.40. The molecule has 0 saturated carbocycles. The Morgan fingerprint density at radius 1 is 1.32 bits per heavy atom. The Morgan fingerprint density at radius 3 is 2.53 bits per heavy atom. The zero-order valence-corrected chi connectivity index (χ0v) is 12.7. The van der Waals surface area contributed by atoms with Crippen LogP contribution < -0.4 is 10.2 Å². The van der Waals surface area contributed by atoms with E-state index in [2.05, 4.69) is 55.0 Å². The van der Waals surface area contributed by atoms with Crippen LogP contribution in [0.25, 0.3) is 0 Å². The normalized spacial score (nSPS) is 20.3. The van der Waals surface area contributed by atoms with Gasteiger partial charge in [-0.15, -0.1) is 0 Å². The number of pyridine rings is 1. The third-order valence-electron chi connectivity index (χ3n) is 4.21. The number of piperidine rings is 1. The van der Waals surface area contributed by atoms with Crippen molar-refractivity contribution in [1.82, 2.24) is 10.3 Å². The highest BCUT2D eigenvalue weighted by Gasteiger charge is 2.25. The highest BCUT2D eigenvalue weighted by Crippen LogP contribution is 2.32. The second-order valence-corrected chi connectivity index (χ2v) is 6.37. The van der Waals surface area contributed by atoms with Crippen molar-refractivity contribution in [2.45, 2.75) is 46.6 Å². The van der Waals surface area contributed by atoms with E-state index in [9.17, 15) is 0 Å². The first-order valence-electron chi connectivity index (χ1n) is 7.46. The van der Waals surface area contributed by atoms with Crippen molar-refractivity contribution in [3.8, 4) is 0 Å². The van der Waals surface area contributed by atoms with E-state index < -0.39 is 0 Å². The number of hydrogen-bond donors (Lipinski definition) is 1. The van der Waals surface area contributed by atoms with Crippen LogP contribution >= 0.6 is 0 Å². The first-order chi connectivity index (χ1) is 9.02. The van der Waals surface area contributed by atoms with Gasteiger partial charge in [0.1, 0.15) is 0 Å². The molecule has 0 aliphatic carbocycles. The minimum absolute atomic E-state index is 0.333. The molecule has 1 aromatic rings. The Labute approximate surface area is 117 Å². The summed E-state index contributed by atoms with van der Waals surface area (Å²) >= 11 is 0. The number of aromatic nitrogens is 1. The average Bonchev–Trinajstić information content (AvgIpc) is 2.39. The van der Waals surface area contributed by atoms with Crippen LogP contribution in [-0.2, 0) is 0 Å². The summed E-state index contributed by atoms with van der Waals surface area (Å²) in [5.74, 6) is 0.